The van der Waals surface area contributed by atoms with Crippen LogP contribution in [-0.2, 0) is 16.1 Å². The Morgan fingerprint density at radius 3 is 2.34 bits per heavy atom. The Balaban J connectivity index is 0.000000563. The number of carbonyl (C=O) groups is 2. The molecule has 4 saturated carbocycles. The van der Waals surface area contributed by atoms with Crippen molar-refractivity contribution >= 4 is 12.2 Å². The van der Waals surface area contributed by atoms with Crippen LogP contribution >= 0.6 is 0 Å². The SMILES string of the molecule is CC.CC.Cc1cnn(CC(=O)C2CCC3C4CCC5CC(C)CCC5C4CCC23C)n1.NC=O. The fourth-order valence-corrected chi connectivity index (χ4v) is 8.33. The minimum Gasteiger partial charge on any atom is -0.372 e. The lowest BCUT2D eigenvalue weighted by molar-refractivity contribution is -0.131. The van der Waals surface area contributed by atoms with Gasteiger partial charge in [0.05, 0.1) is 11.9 Å². The summed E-state index contributed by atoms with van der Waals surface area (Å²) in [5, 5.41) is 8.61. The van der Waals surface area contributed by atoms with Gasteiger partial charge in [0.15, 0.2) is 5.78 Å². The molecule has 0 spiro atoms. The maximum absolute atomic E-state index is 13.2. The maximum atomic E-state index is 13.2. The minimum atomic E-state index is 0.217. The highest BCUT2D eigenvalue weighted by Gasteiger charge is 2.58. The van der Waals surface area contributed by atoms with E-state index in [0.717, 1.165) is 47.6 Å². The van der Waals surface area contributed by atoms with Crippen molar-refractivity contribution < 1.29 is 9.59 Å². The van der Waals surface area contributed by atoms with E-state index in [1.165, 1.54) is 51.4 Å². The number of aromatic nitrogens is 3. The van der Waals surface area contributed by atoms with Gasteiger partial charge in [0.2, 0.25) is 6.41 Å². The fourth-order valence-electron chi connectivity index (χ4n) is 8.33. The Hall–Kier alpha value is -1.72. The Bertz CT molecular complexity index is 793. The summed E-state index contributed by atoms with van der Waals surface area (Å²) in [6.45, 7) is 15.2. The highest BCUT2D eigenvalue weighted by molar-refractivity contribution is 5.82. The molecule has 200 valence electrons. The van der Waals surface area contributed by atoms with Crippen LogP contribution < -0.4 is 5.73 Å². The van der Waals surface area contributed by atoms with Gasteiger partial charge in [-0.05, 0) is 99.2 Å². The molecule has 6 heteroatoms. The number of nitrogens with two attached hydrogens (primary N) is 1. The van der Waals surface area contributed by atoms with Gasteiger partial charge in [-0.25, -0.2) is 0 Å². The Labute approximate surface area is 214 Å². The zero-order valence-corrected chi connectivity index (χ0v) is 23.5. The van der Waals surface area contributed by atoms with E-state index < -0.39 is 0 Å². The standard InChI is InChI=1S/C24H37N3O.2C2H6.CH3NO/c1-15-4-6-18-17(12-15)5-7-20-19(18)10-11-24(3)21(20)8-9-22(24)23(28)14-27-25-13-16(2)26-27;2*1-2;2-1-3/h13,15,17-22H,4-12,14H2,1-3H3;2*1-2H3;1H,(H2,2,3). The zero-order chi connectivity index (χ0) is 26.2. The van der Waals surface area contributed by atoms with Gasteiger partial charge in [-0.3, -0.25) is 9.59 Å². The maximum Gasteiger partial charge on any atom is 0.204 e. The van der Waals surface area contributed by atoms with E-state index in [2.05, 4.69) is 29.8 Å². The molecule has 0 saturated heterocycles. The number of Topliss-reactive ketones (excluding diaryl/α,β-unsaturated/α-hetero) is 1. The molecule has 8 atom stereocenters. The molecule has 1 aromatic heterocycles. The molecule has 0 aromatic carbocycles. The molecular weight excluding hydrogens is 436 g/mol. The Kier molecular flexibility index (Phi) is 11.4. The second kappa shape index (κ2) is 13.5. The number of nitrogens with zero attached hydrogens (tertiary/aromatic N) is 3. The third-order valence-corrected chi connectivity index (χ3v) is 9.55. The third-order valence-electron chi connectivity index (χ3n) is 9.55. The summed E-state index contributed by atoms with van der Waals surface area (Å²) in [5.74, 6) is 6.14. The van der Waals surface area contributed by atoms with Gasteiger partial charge in [-0.1, -0.05) is 48.0 Å². The molecule has 4 aliphatic rings. The van der Waals surface area contributed by atoms with E-state index in [9.17, 15) is 4.79 Å². The van der Waals surface area contributed by atoms with Crippen molar-refractivity contribution in [1.82, 2.24) is 15.0 Å². The van der Waals surface area contributed by atoms with Crippen LogP contribution in [-0.4, -0.2) is 27.2 Å². The largest absolute Gasteiger partial charge is 0.372 e. The first-order chi connectivity index (χ1) is 16.9. The molecule has 1 heterocycles. The van der Waals surface area contributed by atoms with E-state index >= 15 is 0 Å². The van der Waals surface area contributed by atoms with E-state index in [4.69, 9.17) is 4.79 Å². The minimum absolute atomic E-state index is 0.217. The molecule has 4 aliphatic carbocycles. The highest BCUT2D eigenvalue weighted by Crippen LogP contribution is 2.64. The van der Waals surface area contributed by atoms with Crippen LogP contribution in [0.2, 0.25) is 0 Å². The average Bonchev–Trinajstić information content (AvgIpc) is 3.43. The molecule has 5 rings (SSSR count). The van der Waals surface area contributed by atoms with Gasteiger partial charge in [0.25, 0.3) is 0 Å². The lowest BCUT2D eigenvalue weighted by Crippen LogP contribution is -2.49. The summed E-state index contributed by atoms with van der Waals surface area (Å²) in [5.41, 5.74) is 5.28. The number of ketones is 1. The van der Waals surface area contributed by atoms with Crippen molar-refractivity contribution in [1.29, 1.82) is 0 Å². The van der Waals surface area contributed by atoms with E-state index in [1.54, 1.807) is 11.0 Å². The summed E-state index contributed by atoms with van der Waals surface area (Å²) in [4.78, 5) is 23.4. The molecular formula is C29H52N4O2. The molecule has 0 bridgehead atoms. The van der Waals surface area contributed by atoms with Crippen LogP contribution in [0.25, 0.3) is 0 Å². The Morgan fingerprint density at radius 1 is 1.06 bits per heavy atom. The van der Waals surface area contributed by atoms with Gasteiger partial charge in [0, 0.05) is 5.92 Å². The lowest BCUT2D eigenvalue weighted by Gasteiger charge is -2.56. The van der Waals surface area contributed by atoms with Crippen molar-refractivity contribution in [3.63, 3.8) is 0 Å². The summed E-state index contributed by atoms with van der Waals surface area (Å²) in [7, 11) is 0. The molecule has 0 radical (unpaired) electrons. The summed E-state index contributed by atoms with van der Waals surface area (Å²) < 4.78 is 0. The van der Waals surface area contributed by atoms with Crippen LogP contribution in [0.1, 0.15) is 105 Å². The number of amides is 1. The van der Waals surface area contributed by atoms with Crippen LogP contribution in [0, 0.1) is 53.8 Å². The molecule has 1 amide bonds. The second-order valence-electron chi connectivity index (χ2n) is 11.1. The van der Waals surface area contributed by atoms with Crippen molar-refractivity contribution in [2.45, 2.75) is 113 Å². The van der Waals surface area contributed by atoms with Crippen molar-refractivity contribution in [2.24, 2.45) is 52.6 Å². The summed E-state index contributed by atoms with van der Waals surface area (Å²) >= 11 is 0. The monoisotopic (exact) mass is 488 g/mol. The highest BCUT2D eigenvalue weighted by atomic mass is 16.1. The topological polar surface area (TPSA) is 90.9 Å². The second-order valence-corrected chi connectivity index (χ2v) is 11.1. The quantitative estimate of drug-likeness (QED) is 0.512. The first-order valence-corrected chi connectivity index (χ1v) is 14.4. The lowest BCUT2D eigenvalue weighted by atomic mass is 9.49. The predicted octanol–water partition coefficient (Wildman–Crippen LogP) is 6.21. The zero-order valence-electron chi connectivity index (χ0n) is 23.5. The molecule has 8 unspecified atom stereocenters. The first-order valence-electron chi connectivity index (χ1n) is 14.4. The van der Waals surface area contributed by atoms with E-state index in [-0.39, 0.29) is 17.7 Å². The van der Waals surface area contributed by atoms with Gasteiger partial charge < -0.3 is 5.73 Å². The van der Waals surface area contributed by atoms with Gasteiger partial charge in [0.1, 0.15) is 6.54 Å². The van der Waals surface area contributed by atoms with Crippen molar-refractivity contribution in [3.05, 3.63) is 11.9 Å². The van der Waals surface area contributed by atoms with Gasteiger partial charge >= 0.3 is 0 Å². The smallest absolute Gasteiger partial charge is 0.204 e. The van der Waals surface area contributed by atoms with E-state index in [0.29, 0.717) is 12.3 Å². The number of carbonyl (C=O) groups excluding carboxylic acids is 2. The van der Waals surface area contributed by atoms with Crippen molar-refractivity contribution in [2.75, 3.05) is 0 Å². The summed E-state index contributed by atoms with van der Waals surface area (Å²) in [6.07, 6.45) is 14.3. The number of hydrogen-bond donors (Lipinski definition) is 1. The number of fused-ring (bicyclic) bond motifs is 5. The molecule has 0 aliphatic heterocycles. The first kappa shape index (κ1) is 29.5. The van der Waals surface area contributed by atoms with Gasteiger partial charge in [-0.15, -0.1) is 0 Å². The van der Waals surface area contributed by atoms with Crippen molar-refractivity contribution in [3.8, 4) is 0 Å². The average molecular weight is 489 g/mol. The Morgan fingerprint density at radius 2 is 1.71 bits per heavy atom. The van der Waals surface area contributed by atoms with Crippen LogP contribution in [0.3, 0.4) is 0 Å². The van der Waals surface area contributed by atoms with Crippen LogP contribution in [0.5, 0.6) is 0 Å². The molecule has 4 fully saturated rings. The number of aryl methyl sites for hydroxylation is 1. The molecule has 1 aromatic rings. The summed E-state index contributed by atoms with van der Waals surface area (Å²) in [6, 6.07) is 0. The molecule has 2 N–H and O–H groups in total. The molecule has 35 heavy (non-hydrogen) atoms. The predicted molar refractivity (Wildman–Crippen MR) is 142 cm³/mol. The number of primary amides is 1. The molecule has 6 nitrogen and oxygen atoms in total. The number of hydrogen-bond acceptors (Lipinski definition) is 4. The number of rotatable bonds is 3. The van der Waals surface area contributed by atoms with Gasteiger partial charge in [-0.2, -0.15) is 15.0 Å². The van der Waals surface area contributed by atoms with Crippen LogP contribution in [0.4, 0.5) is 0 Å². The van der Waals surface area contributed by atoms with Crippen LogP contribution in [0.15, 0.2) is 6.20 Å². The third kappa shape index (κ3) is 6.35. The van der Waals surface area contributed by atoms with E-state index in [1.807, 2.05) is 34.6 Å². The normalized spacial score (nSPS) is 36.8. The fraction of sp³-hybridized carbons (Fsp3) is 0.862.